The number of para-hydroxylation sites is 2. The summed E-state index contributed by atoms with van der Waals surface area (Å²) >= 11 is 12.2. The second-order valence-corrected chi connectivity index (χ2v) is 11.0. The number of carbonyl (C=O) groups excluding carboxylic acids is 2. The molecule has 0 saturated carbocycles. The van der Waals surface area contributed by atoms with Gasteiger partial charge in [0.05, 0.1) is 27.7 Å². The van der Waals surface area contributed by atoms with E-state index >= 15 is 0 Å². The molecular formula is C27H29Cl2N3O5S. The van der Waals surface area contributed by atoms with Crippen LogP contribution in [0, 0.1) is 0 Å². The van der Waals surface area contributed by atoms with Gasteiger partial charge in [-0.15, -0.1) is 0 Å². The van der Waals surface area contributed by atoms with Crippen molar-refractivity contribution in [3.63, 3.8) is 0 Å². The number of nitrogens with zero attached hydrogens (tertiary/aromatic N) is 2. The molecule has 38 heavy (non-hydrogen) atoms. The first-order valence-corrected chi connectivity index (χ1v) is 14.0. The molecule has 3 aromatic carbocycles. The number of nitrogens with one attached hydrogen (secondary N) is 1. The number of sulfonamides is 1. The lowest BCUT2D eigenvalue weighted by Gasteiger charge is -2.33. The average molecular weight is 579 g/mol. The monoisotopic (exact) mass is 577 g/mol. The summed E-state index contributed by atoms with van der Waals surface area (Å²) in [7, 11) is -1.29. The van der Waals surface area contributed by atoms with Crippen LogP contribution in [0.1, 0.15) is 18.9 Å². The largest absolute Gasteiger partial charge is 0.495 e. The van der Waals surface area contributed by atoms with Crippen molar-refractivity contribution in [1.29, 1.82) is 0 Å². The van der Waals surface area contributed by atoms with Gasteiger partial charge in [-0.25, -0.2) is 8.42 Å². The van der Waals surface area contributed by atoms with Gasteiger partial charge in [0, 0.05) is 13.6 Å². The van der Waals surface area contributed by atoms with Gasteiger partial charge in [-0.05, 0) is 48.4 Å². The summed E-state index contributed by atoms with van der Waals surface area (Å²) < 4.78 is 34.1. The van der Waals surface area contributed by atoms with Crippen LogP contribution in [0.15, 0.2) is 77.7 Å². The zero-order valence-electron chi connectivity index (χ0n) is 21.2. The van der Waals surface area contributed by atoms with E-state index in [0.29, 0.717) is 22.0 Å². The first-order chi connectivity index (χ1) is 18.1. The predicted octanol–water partition coefficient (Wildman–Crippen LogP) is 4.75. The van der Waals surface area contributed by atoms with E-state index in [1.165, 1.54) is 31.2 Å². The van der Waals surface area contributed by atoms with Crippen molar-refractivity contribution in [1.82, 2.24) is 10.2 Å². The molecule has 202 valence electrons. The highest BCUT2D eigenvalue weighted by atomic mass is 35.5. The smallest absolute Gasteiger partial charge is 0.264 e. The zero-order valence-corrected chi connectivity index (χ0v) is 23.6. The van der Waals surface area contributed by atoms with Crippen LogP contribution in [0.25, 0.3) is 0 Å². The van der Waals surface area contributed by atoms with Crippen LogP contribution in [-0.2, 0) is 26.2 Å². The van der Waals surface area contributed by atoms with Crippen LogP contribution in [0.4, 0.5) is 5.69 Å². The van der Waals surface area contributed by atoms with Gasteiger partial charge in [0.15, 0.2) is 0 Å². The number of anilines is 1. The van der Waals surface area contributed by atoms with Crippen LogP contribution in [0.3, 0.4) is 0 Å². The van der Waals surface area contributed by atoms with Gasteiger partial charge in [-0.3, -0.25) is 13.9 Å². The molecule has 11 heteroatoms. The number of rotatable bonds is 11. The molecule has 0 radical (unpaired) electrons. The highest BCUT2D eigenvalue weighted by Crippen LogP contribution is 2.32. The summed E-state index contributed by atoms with van der Waals surface area (Å²) in [6, 6.07) is 18.4. The first-order valence-electron chi connectivity index (χ1n) is 11.8. The van der Waals surface area contributed by atoms with Crippen molar-refractivity contribution in [3.05, 3.63) is 88.4 Å². The predicted molar refractivity (Wildman–Crippen MR) is 149 cm³/mol. The Hall–Kier alpha value is -3.27. The summed E-state index contributed by atoms with van der Waals surface area (Å²) in [6.07, 6.45) is 0.298. The molecule has 0 aromatic heterocycles. The standard InChI is InChI=1S/C27H29Cl2N3O5S/c1-4-23(27(34)30-2)31(17-19-14-15-21(28)22(29)16-19)26(33)18-32(24-12-8-9-13-25(24)37-3)38(35,36)20-10-6-5-7-11-20/h5-16,23H,4,17-18H2,1-3H3,(H,30,34). The third-order valence-corrected chi connectivity index (χ3v) is 8.45. The minimum Gasteiger partial charge on any atom is -0.495 e. The number of hydrogen-bond donors (Lipinski definition) is 1. The number of halogens is 2. The molecule has 1 N–H and O–H groups in total. The zero-order chi connectivity index (χ0) is 27.9. The lowest BCUT2D eigenvalue weighted by Crippen LogP contribution is -2.51. The van der Waals surface area contributed by atoms with Gasteiger partial charge >= 0.3 is 0 Å². The second kappa shape index (κ2) is 13.0. The van der Waals surface area contributed by atoms with Crippen LogP contribution >= 0.6 is 23.2 Å². The molecule has 8 nitrogen and oxygen atoms in total. The minimum absolute atomic E-state index is 0.00674. The Labute approximate surface area is 233 Å². The molecule has 2 amide bonds. The van der Waals surface area contributed by atoms with Gasteiger partial charge in [0.1, 0.15) is 18.3 Å². The number of benzene rings is 3. The topological polar surface area (TPSA) is 96.0 Å². The summed E-state index contributed by atoms with van der Waals surface area (Å²) in [4.78, 5) is 28.0. The van der Waals surface area contributed by atoms with E-state index in [9.17, 15) is 18.0 Å². The molecule has 1 unspecified atom stereocenters. The van der Waals surface area contributed by atoms with Crippen molar-refractivity contribution in [2.24, 2.45) is 0 Å². The molecule has 1 atom stereocenters. The van der Waals surface area contributed by atoms with Crippen LogP contribution in [0.2, 0.25) is 10.0 Å². The maximum Gasteiger partial charge on any atom is 0.264 e. The van der Waals surface area contributed by atoms with Crippen molar-refractivity contribution in [3.8, 4) is 5.75 Å². The van der Waals surface area contributed by atoms with Crippen LogP contribution in [-0.4, -0.2) is 51.9 Å². The minimum atomic E-state index is -4.19. The molecule has 0 heterocycles. The van der Waals surface area contributed by atoms with Gasteiger partial charge in [0.25, 0.3) is 10.0 Å². The van der Waals surface area contributed by atoms with E-state index < -0.39 is 28.5 Å². The van der Waals surface area contributed by atoms with E-state index in [-0.39, 0.29) is 28.8 Å². The Morgan fingerprint density at radius 3 is 2.24 bits per heavy atom. The van der Waals surface area contributed by atoms with Gasteiger partial charge < -0.3 is 15.0 Å². The highest BCUT2D eigenvalue weighted by molar-refractivity contribution is 7.92. The number of methoxy groups -OCH3 is 1. The molecule has 0 aliphatic rings. The molecule has 3 aromatic rings. The number of hydrogen-bond acceptors (Lipinski definition) is 5. The summed E-state index contributed by atoms with van der Waals surface area (Å²) in [5.74, 6) is -0.693. The van der Waals surface area contributed by atoms with E-state index in [2.05, 4.69) is 5.32 Å². The fourth-order valence-electron chi connectivity index (χ4n) is 3.99. The number of carbonyl (C=O) groups is 2. The quantitative estimate of drug-likeness (QED) is 0.354. The Balaban J connectivity index is 2.09. The van der Waals surface area contributed by atoms with E-state index in [0.717, 1.165) is 4.31 Å². The second-order valence-electron chi connectivity index (χ2n) is 8.30. The van der Waals surface area contributed by atoms with Gasteiger partial charge in [0.2, 0.25) is 11.8 Å². The molecule has 0 aliphatic heterocycles. The normalized spacial score (nSPS) is 11.9. The van der Waals surface area contributed by atoms with Crippen LogP contribution < -0.4 is 14.4 Å². The molecule has 0 bridgehead atoms. The summed E-state index contributed by atoms with van der Waals surface area (Å²) in [6.45, 7) is 1.20. The van der Waals surface area contributed by atoms with Crippen molar-refractivity contribution in [2.45, 2.75) is 30.8 Å². The molecule has 3 rings (SSSR count). The highest BCUT2D eigenvalue weighted by Gasteiger charge is 2.34. The SMILES string of the molecule is CCC(C(=O)NC)N(Cc1ccc(Cl)c(Cl)c1)C(=O)CN(c1ccccc1OC)S(=O)(=O)c1ccccc1. The third-order valence-electron chi connectivity index (χ3n) is 5.93. The molecule has 0 spiro atoms. The molecular weight excluding hydrogens is 549 g/mol. The fraction of sp³-hybridized carbons (Fsp3) is 0.259. The van der Waals surface area contributed by atoms with E-state index in [1.54, 1.807) is 67.6 Å². The number of ether oxygens (including phenoxy) is 1. The maximum absolute atomic E-state index is 13.9. The van der Waals surface area contributed by atoms with Gasteiger partial charge in [-0.2, -0.15) is 0 Å². The van der Waals surface area contributed by atoms with Gasteiger partial charge in [-0.1, -0.05) is 66.5 Å². The summed E-state index contributed by atoms with van der Waals surface area (Å²) in [5, 5.41) is 3.23. The van der Waals surface area contributed by atoms with Crippen LogP contribution in [0.5, 0.6) is 5.75 Å². The maximum atomic E-state index is 13.9. The van der Waals surface area contributed by atoms with Crippen molar-refractivity contribution >= 4 is 50.7 Å². The Morgan fingerprint density at radius 1 is 0.974 bits per heavy atom. The summed E-state index contributed by atoms with van der Waals surface area (Å²) in [5.41, 5.74) is 0.819. The average Bonchev–Trinajstić information content (AvgIpc) is 2.93. The third kappa shape index (κ3) is 6.59. The Morgan fingerprint density at radius 2 is 1.63 bits per heavy atom. The first kappa shape index (κ1) is 29.3. The molecule has 0 saturated heterocycles. The lowest BCUT2D eigenvalue weighted by molar-refractivity contribution is -0.140. The molecule has 0 fully saturated rings. The lowest BCUT2D eigenvalue weighted by atomic mass is 10.1. The number of likely N-dealkylation sites (N-methyl/N-ethyl adjacent to an activating group) is 1. The van der Waals surface area contributed by atoms with E-state index in [1.807, 2.05) is 0 Å². The van der Waals surface area contributed by atoms with E-state index in [4.69, 9.17) is 27.9 Å². The fourth-order valence-corrected chi connectivity index (χ4v) is 5.76. The van der Waals surface area contributed by atoms with Crippen molar-refractivity contribution < 1.29 is 22.7 Å². The Bertz CT molecular complexity index is 1390. The van der Waals surface area contributed by atoms with Crippen molar-refractivity contribution in [2.75, 3.05) is 25.0 Å². The molecule has 0 aliphatic carbocycles. The Kier molecular flexibility index (Phi) is 10.0. The number of amides is 2.